The Morgan fingerprint density at radius 2 is 2.31 bits per heavy atom. The first-order chi connectivity index (χ1) is 7.50. The van der Waals surface area contributed by atoms with Crippen molar-refractivity contribution in [3.63, 3.8) is 0 Å². The van der Waals surface area contributed by atoms with Gasteiger partial charge in [0, 0.05) is 19.8 Å². The van der Waals surface area contributed by atoms with Crippen molar-refractivity contribution in [2.24, 2.45) is 13.0 Å². The second-order valence-electron chi connectivity index (χ2n) is 4.33. The molecule has 0 aliphatic heterocycles. The quantitative estimate of drug-likeness (QED) is 0.769. The molecular formula is C11H19N3O2. The van der Waals surface area contributed by atoms with Gasteiger partial charge in [0.15, 0.2) is 0 Å². The minimum atomic E-state index is -0.489. The van der Waals surface area contributed by atoms with E-state index in [1.165, 1.54) is 4.68 Å². The van der Waals surface area contributed by atoms with E-state index in [1.807, 2.05) is 13.8 Å². The van der Waals surface area contributed by atoms with Crippen LogP contribution < -0.4 is 5.32 Å². The molecule has 5 nitrogen and oxygen atoms in total. The molecule has 1 aromatic rings. The molecule has 0 aliphatic carbocycles. The molecule has 16 heavy (non-hydrogen) atoms. The number of rotatable bonds is 5. The number of aromatic nitrogens is 2. The van der Waals surface area contributed by atoms with E-state index in [-0.39, 0.29) is 12.5 Å². The Hall–Kier alpha value is -1.36. The monoisotopic (exact) mass is 225 g/mol. The van der Waals surface area contributed by atoms with E-state index in [0.717, 1.165) is 0 Å². The maximum atomic E-state index is 11.6. The molecule has 0 aromatic carbocycles. The summed E-state index contributed by atoms with van der Waals surface area (Å²) >= 11 is 0. The summed E-state index contributed by atoms with van der Waals surface area (Å²) in [5.74, 6) is 0.214. The lowest BCUT2D eigenvalue weighted by Gasteiger charge is -2.13. The van der Waals surface area contributed by atoms with Crippen LogP contribution in [0.15, 0.2) is 12.3 Å². The van der Waals surface area contributed by atoms with Gasteiger partial charge in [0.2, 0.25) is 0 Å². The zero-order valence-corrected chi connectivity index (χ0v) is 9.97. The highest BCUT2D eigenvalue weighted by molar-refractivity contribution is 5.92. The Labute approximate surface area is 95.5 Å². The fraction of sp³-hybridized carbons (Fsp3) is 0.636. The number of carbonyl (C=O) groups excluding carboxylic acids is 1. The van der Waals surface area contributed by atoms with Crippen LogP contribution in [-0.4, -0.2) is 33.4 Å². The van der Waals surface area contributed by atoms with Crippen LogP contribution in [0, 0.1) is 5.92 Å². The molecule has 1 unspecified atom stereocenters. The first-order valence-corrected chi connectivity index (χ1v) is 5.45. The lowest BCUT2D eigenvalue weighted by molar-refractivity contribution is 0.0891. The number of amides is 1. The number of aryl methyl sites for hydroxylation is 1. The average Bonchev–Trinajstić information content (AvgIpc) is 2.60. The molecule has 1 heterocycles. The molecule has 1 aromatic heterocycles. The van der Waals surface area contributed by atoms with Crippen LogP contribution in [0.3, 0.4) is 0 Å². The minimum absolute atomic E-state index is 0.206. The maximum absolute atomic E-state index is 11.6. The SMILES string of the molecule is CC(C)CC(O)CNC(=O)c1ccnn1C. The van der Waals surface area contributed by atoms with Crippen LogP contribution in [0.1, 0.15) is 30.8 Å². The largest absolute Gasteiger partial charge is 0.391 e. The summed E-state index contributed by atoms with van der Waals surface area (Å²) in [6.07, 6.45) is 1.77. The van der Waals surface area contributed by atoms with Gasteiger partial charge in [-0.2, -0.15) is 5.10 Å². The summed E-state index contributed by atoms with van der Waals surface area (Å²) < 4.78 is 1.50. The third-order valence-electron chi connectivity index (χ3n) is 2.30. The van der Waals surface area contributed by atoms with E-state index >= 15 is 0 Å². The van der Waals surface area contributed by atoms with Gasteiger partial charge in [0.25, 0.3) is 5.91 Å². The summed E-state index contributed by atoms with van der Waals surface area (Å²) in [7, 11) is 1.71. The third-order valence-corrected chi connectivity index (χ3v) is 2.30. The molecule has 0 fully saturated rings. The molecule has 5 heteroatoms. The Kier molecular flexibility index (Phi) is 4.49. The first-order valence-electron chi connectivity index (χ1n) is 5.45. The molecule has 0 saturated heterocycles. The molecule has 0 saturated carbocycles. The van der Waals surface area contributed by atoms with Crippen molar-refractivity contribution in [1.29, 1.82) is 0 Å². The fourth-order valence-electron chi connectivity index (χ4n) is 1.53. The van der Waals surface area contributed by atoms with E-state index in [4.69, 9.17) is 0 Å². The smallest absolute Gasteiger partial charge is 0.269 e. The highest BCUT2D eigenvalue weighted by Gasteiger charge is 2.12. The van der Waals surface area contributed by atoms with E-state index in [2.05, 4.69) is 10.4 Å². The van der Waals surface area contributed by atoms with Gasteiger partial charge in [0.1, 0.15) is 5.69 Å². The molecule has 2 N–H and O–H groups in total. The number of aliphatic hydroxyl groups excluding tert-OH is 1. The van der Waals surface area contributed by atoms with Gasteiger partial charge in [-0.15, -0.1) is 0 Å². The van der Waals surface area contributed by atoms with Crippen LogP contribution in [0.5, 0.6) is 0 Å². The Morgan fingerprint density at radius 1 is 1.62 bits per heavy atom. The van der Waals surface area contributed by atoms with Gasteiger partial charge in [-0.1, -0.05) is 13.8 Å². The Bertz CT molecular complexity index is 347. The van der Waals surface area contributed by atoms with Crippen molar-refractivity contribution in [3.05, 3.63) is 18.0 Å². The number of carbonyl (C=O) groups is 1. The first kappa shape index (κ1) is 12.7. The molecular weight excluding hydrogens is 206 g/mol. The van der Waals surface area contributed by atoms with Crippen molar-refractivity contribution in [1.82, 2.24) is 15.1 Å². The number of nitrogens with zero attached hydrogens (tertiary/aromatic N) is 2. The molecule has 0 radical (unpaired) electrons. The van der Waals surface area contributed by atoms with Crippen LogP contribution >= 0.6 is 0 Å². The Balaban J connectivity index is 2.39. The molecule has 0 aliphatic rings. The predicted octanol–water partition coefficient (Wildman–Crippen LogP) is 0.557. The van der Waals surface area contributed by atoms with Gasteiger partial charge in [0.05, 0.1) is 6.10 Å². The number of hydrogen-bond donors (Lipinski definition) is 2. The highest BCUT2D eigenvalue weighted by atomic mass is 16.3. The molecule has 1 atom stereocenters. The zero-order chi connectivity index (χ0) is 12.1. The fourth-order valence-corrected chi connectivity index (χ4v) is 1.53. The lowest BCUT2D eigenvalue weighted by atomic mass is 10.1. The van der Waals surface area contributed by atoms with Gasteiger partial charge < -0.3 is 10.4 Å². The summed E-state index contributed by atoms with van der Waals surface area (Å²) in [6, 6.07) is 1.64. The van der Waals surface area contributed by atoms with Crippen LogP contribution in [0.2, 0.25) is 0 Å². The third kappa shape index (κ3) is 3.66. The molecule has 1 amide bonds. The maximum Gasteiger partial charge on any atom is 0.269 e. The van der Waals surface area contributed by atoms with Crippen molar-refractivity contribution in [3.8, 4) is 0 Å². The number of aliphatic hydroxyl groups is 1. The van der Waals surface area contributed by atoms with Crippen molar-refractivity contribution in [2.45, 2.75) is 26.4 Å². The second-order valence-corrected chi connectivity index (χ2v) is 4.33. The molecule has 0 spiro atoms. The van der Waals surface area contributed by atoms with Crippen molar-refractivity contribution >= 4 is 5.91 Å². The topological polar surface area (TPSA) is 67.2 Å². The van der Waals surface area contributed by atoms with E-state index < -0.39 is 6.10 Å². The van der Waals surface area contributed by atoms with E-state index in [0.29, 0.717) is 18.0 Å². The summed E-state index contributed by atoms with van der Waals surface area (Å²) in [6.45, 7) is 4.35. The standard InChI is InChI=1S/C11H19N3O2/c1-8(2)6-9(15)7-12-11(16)10-4-5-13-14(10)3/h4-5,8-9,15H,6-7H2,1-3H3,(H,12,16). The minimum Gasteiger partial charge on any atom is -0.391 e. The normalized spacial score (nSPS) is 12.8. The predicted molar refractivity (Wildman–Crippen MR) is 61.0 cm³/mol. The summed E-state index contributed by atoms with van der Waals surface area (Å²) in [5.41, 5.74) is 0.497. The van der Waals surface area contributed by atoms with Crippen LogP contribution in [0.4, 0.5) is 0 Å². The molecule has 1 rings (SSSR count). The van der Waals surface area contributed by atoms with Gasteiger partial charge in [-0.3, -0.25) is 9.48 Å². The van der Waals surface area contributed by atoms with Crippen molar-refractivity contribution in [2.75, 3.05) is 6.54 Å². The molecule has 90 valence electrons. The average molecular weight is 225 g/mol. The highest BCUT2D eigenvalue weighted by Crippen LogP contribution is 2.03. The number of hydrogen-bond acceptors (Lipinski definition) is 3. The number of nitrogens with one attached hydrogen (secondary N) is 1. The Morgan fingerprint density at radius 3 is 2.81 bits per heavy atom. The zero-order valence-electron chi connectivity index (χ0n) is 9.97. The van der Waals surface area contributed by atoms with Crippen LogP contribution in [0.25, 0.3) is 0 Å². The van der Waals surface area contributed by atoms with E-state index in [1.54, 1.807) is 19.3 Å². The van der Waals surface area contributed by atoms with Gasteiger partial charge >= 0.3 is 0 Å². The van der Waals surface area contributed by atoms with Crippen LogP contribution in [-0.2, 0) is 7.05 Å². The van der Waals surface area contributed by atoms with E-state index in [9.17, 15) is 9.90 Å². The lowest BCUT2D eigenvalue weighted by Crippen LogP contribution is -2.33. The summed E-state index contributed by atoms with van der Waals surface area (Å²) in [5, 5.41) is 16.2. The molecule has 0 bridgehead atoms. The second kappa shape index (κ2) is 5.65. The summed E-state index contributed by atoms with van der Waals surface area (Å²) in [4.78, 5) is 11.6. The van der Waals surface area contributed by atoms with Gasteiger partial charge in [-0.25, -0.2) is 0 Å². The van der Waals surface area contributed by atoms with Gasteiger partial charge in [-0.05, 0) is 18.4 Å². The van der Waals surface area contributed by atoms with Crippen molar-refractivity contribution < 1.29 is 9.90 Å².